The van der Waals surface area contributed by atoms with Gasteiger partial charge in [0.1, 0.15) is 23.2 Å². The van der Waals surface area contributed by atoms with Gasteiger partial charge in [-0.2, -0.15) is 0 Å². The standard InChI is InChI=1S/C18H24FNO5/c1-18(2,3)25-16(21)12-9-14(17(22)24-5)20-15(12)11-8-10(23-4)6-7-13(11)19/h6-8,12,14-15,20H,9H2,1-5H3. The van der Waals surface area contributed by atoms with Crippen molar-refractivity contribution in [2.45, 2.75) is 44.9 Å². The summed E-state index contributed by atoms with van der Waals surface area (Å²) < 4.78 is 29.7. The molecule has 0 radical (unpaired) electrons. The van der Waals surface area contributed by atoms with Gasteiger partial charge in [0.05, 0.1) is 20.1 Å². The molecule has 25 heavy (non-hydrogen) atoms. The highest BCUT2D eigenvalue weighted by atomic mass is 19.1. The molecule has 0 aromatic heterocycles. The number of nitrogens with one attached hydrogen (secondary N) is 1. The lowest BCUT2D eigenvalue weighted by atomic mass is 9.92. The van der Waals surface area contributed by atoms with E-state index in [0.717, 1.165) is 0 Å². The molecule has 1 aliphatic heterocycles. The topological polar surface area (TPSA) is 73.9 Å². The van der Waals surface area contributed by atoms with Crippen LogP contribution in [0.3, 0.4) is 0 Å². The Hall–Kier alpha value is -2.15. The Labute approximate surface area is 146 Å². The molecule has 0 aliphatic carbocycles. The first-order valence-electron chi connectivity index (χ1n) is 8.06. The average Bonchev–Trinajstić information content (AvgIpc) is 2.98. The number of benzene rings is 1. The summed E-state index contributed by atoms with van der Waals surface area (Å²) in [5.41, 5.74) is -0.431. The van der Waals surface area contributed by atoms with Crippen LogP contribution in [-0.2, 0) is 19.1 Å². The van der Waals surface area contributed by atoms with Gasteiger partial charge in [-0.1, -0.05) is 0 Å². The third kappa shape index (κ3) is 4.48. The van der Waals surface area contributed by atoms with Crippen LogP contribution in [0.2, 0.25) is 0 Å². The summed E-state index contributed by atoms with van der Waals surface area (Å²) in [6, 6.07) is 2.86. The van der Waals surface area contributed by atoms with E-state index in [0.29, 0.717) is 5.75 Å². The van der Waals surface area contributed by atoms with Crippen LogP contribution in [0.1, 0.15) is 38.8 Å². The van der Waals surface area contributed by atoms with E-state index in [-0.39, 0.29) is 12.0 Å². The molecule has 0 spiro atoms. The van der Waals surface area contributed by atoms with E-state index in [4.69, 9.17) is 14.2 Å². The molecule has 0 bridgehead atoms. The molecule has 3 unspecified atom stereocenters. The second-order valence-electron chi connectivity index (χ2n) is 6.98. The van der Waals surface area contributed by atoms with Gasteiger partial charge in [-0.15, -0.1) is 0 Å². The van der Waals surface area contributed by atoms with Crippen LogP contribution >= 0.6 is 0 Å². The molecular formula is C18H24FNO5. The van der Waals surface area contributed by atoms with E-state index in [9.17, 15) is 14.0 Å². The Morgan fingerprint density at radius 2 is 1.88 bits per heavy atom. The smallest absolute Gasteiger partial charge is 0.322 e. The highest BCUT2D eigenvalue weighted by Crippen LogP contribution is 2.37. The molecule has 7 heteroatoms. The Balaban J connectivity index is 2.37. The number of carbonyl (C=O) groups is 2. The number of hydrogen-bond acceptors (Lipinski definition) is 6. The summed E-state index contributed by atoms with van der Waals surface area (Å²) in [5.74, 6) is -1.73. The van der Waals surface area contributed by atoms with Gasteiger partial charge >= 0.3 is 11.9 Å². The van der Waals surface area contributed by atoms with Gasteiger partial charge in [-0.05, 0) is 45.4 Å². The van der Waals surface area contributed by atoms with Crippen molar-refractivity contribution < 1.29 is 28.2 Å². The minimum atomic E-state index is -0.718. The van der Waals surface area contributed by atoms with E-state index in [1.54, 1.807) is 20.8 Å². The maximum absolute atomic E-state index is 14.4. The molecule has 2 rings (SSSR count). The van der Waals surface area contributed by atoms with Crippen molar-refractivity contribution in [2.75, 3.05) is 14.2 Å². The number of esters is 2. The lowest BCUT2D eigenvalue weighted by molar-refractivity contribution is -0.160. The quantitative estimate of drug-likeness (QED) is 0.838. The van der Waals surface area contributed by atoms with Gasteiger partial charge in [-0.3, -0.25) is 14.9 Å². The highest BCUT2D eigenvalue weighted by Gasteiger charge is 2.45. The molecule has 1 fully saturated rings. The van der Waals surface area contributed by atoms with Gasteiger partial charge in [0.15, 0.2) is 0 Å². The first-order valence-corrected chi connectivity index (χ1v) is 8.06. The number of halogens is 1. The molecule has 0 saturated carbocycles. The van der Waals surface area contributed by atoms with Crippen molar-refractivity contribution in [1.29, 1.82) is 0 Å². The average molecular weight is 353 g/mol. The maximum Gasteiger partial charge on any atom is 0.322 e. The van der Waals surface area contributed by atoms with E-state index >= 15 is 0 Å². The predicted molar refractivity (Wildman–Crippen MR) is 88.6 cm³/mol. The molecule has 3 atom stereocenters. The SMILES string of the molecule is COC(=O)C1CC(C(=O)OC(C)(C)C)C(c2cc(OC)ccc2F)N1. The number of rotatable bonds is 4. The number of methoxy groups -OCH3 is 2. The van der Waals surface area contributed by atoms with Crippen molar-refractivity contribution in [3.05, 3.63) is 29.6 Å². The third-order valence-electron chi connectivity index (χ3n) is 4.01. The van der Waals surface area contributed by atoms with Crippen LogP contribution in [-0.4, -0.2) is 37.8 Å². The Kier molecular flexibility index (Phi) is 5.67. The minimum absolute atomic E-state index is 0.170. The maximum atomic E-state index is 14.4. The molecule has 6 nitrogen and oxygen atoms in total. The summed E-state index contributed by atoms with van der Waals surface area (Å²) >= 11 is 0. The first-order chi connectivity index (χ1) is 11.7. The van der Waals surface area contributed by atoms with Crippen LogP contribution in [0.25, 0.3) is 0 Å². The van der Waals surface area contributed by atoms with E-state index < -0.39 is 41.4 Å². The van der Waals surface area contributed by atoms with Crippen LogP contribution < -0.4 is 10.1 Å². The zero-order valence-electron chi connectivity index (χ0n) is 15.1. The molecule has 0 amide bonds. The largest absolute Gasteiger partial charge is 0.497 e. The van der Waals surface area contributed by atoms with Crippen molar-refractivity contribution in [3.8, 4) is 5.75 Å². The van der Waals surface area contributed by atoms with Crippen molar-refractivity contribution in [2.24, 2.45) is 5.92 Å². The molecule has 1 N–H and O–H groups in total. The molecule has 138 valence electrons. The van der Waals surface area contributed by atoms with Gasteiger partial charge in [-0.25, -0.2) is 4.39 Å². The lowest BCUT2D eigenvalue weighted by Gasteiger charge is -2.25. The van der Waals surface area contributed by atoms with Gasteiger partial charge in [0.25, 0.3) is 0 Å². The predicted octanol–water partition coefficient (Wildman–Crippen LogP) is 2.37. The van der Waals surface area contributed by atoms with Crippen molar-refractivity contribution >= 4 is 11.9 Å². The molecular weight excluding hydrogens is 329 g/mol. The van der Waals surface area contributed by atoms with Gasteiger partial charge in [0.2, 0.25) is 0 Å². The zero-order chi connectivity index (χ0) is 18.8. The summed E-state index contributed by atoms with van der Waals surface area (Å²) in [6.07, 6.45) is 0.170. The first kappa shape index (κ1) is 19.2. The minimum Gasteiger partial charge on any atom is -0.497 e. The monoisotopic (exact) mass is 353 g/mol. The fourth-order valence-corrected chi connectivity index (χ4v) is 2.90. The fraction of sp³-hybridized carbons (Fsp3) is 0.556. The Bertz CT molecular complexity index is 655. The summed E-state index contributed by atoms with van der Waals surface area (Å²) in [4.78, 5) is 24.5. The summed E-state index contributed by atoms with van der Waals surface area (Å²) in [5, 5.41) is 3.00. The van der Waals surface area contributed by atoms with Crippen LogP contribution in [0, 0.1) is 11.7 Å². The highest BCUT2D eigenvalue weighted by molar-refractivity contribution is 5.80. The molecule has 1 aromatic rings. The van der Waals surface area contributed by atoms with E-state index in [1.165, 1.54) is 32.4 Å². The molecule has 1 heterocycles. The van der Waals surface area contributed by atoms with Crippen molar-refractivity contribution in [1.82, 2.24) is 5.32 Å². The molecule has 1 aromatic carbocycles. The Morgan fingerprint density at radius 1 is 1.20 bits per heavy atom. The third-order valence-corrected chi connectivity index (χ3v) is 4.01. The van der Waals surface area contributed by atoms with Crippen LogP contribution in [0.15, 0.2) is 18.2 Å². The number of ether oxygens (including phenoxy) is 3. The molecule has 1 aliphatic rings. The summed E-state index contributed by atoms with van der Waals surface area (Å²) in [6.45, 7) is 5.27. The number of carbonyl (C=O) groups excluding carboxylic acids is 2. The van der Waals surface area contributed by atoms with E-state index in [1.807, 2.05) is 0 Å². The van der Waals surface area contributed by atoms with Crippen molar-refractivity contribution in [3.63, 3.8) is 0 Å². The summed E-state index contributed by atoms with van der Waals surface area (Å²) in [7, 11) is 2.74. The van der Waals surface area contributed by atoms with Gasteiger partial charge in [0, 0.05) is 11.6 Å². The van der Waals surface area contributed by atoms with E-state index in [2.05, 4.69) is 5.32 Å². The van der Waals surface area contributed by atoms with Crippen LogP contribution in [0.4, 0.5) is 4.39 Å². The zero-order valence-corrected chi connectivity index (χ0v) is 15.1. The van der Waals surface area contributed by atoms with Gasteiger partial charge < -0.3 is 14.2 Å². The second-order valence-corrected chi connectivity index (χ2v) is 6.98. The Morgan fingerprint density at radius 3 is 2.44 bits per heavy atom. The lowest BCUT2D eigenvalue weighted by Crippen LogP contribution is -2.34. The number of hydrogen-bond donors (Lipinski definition) is 1. The van der Waals surface area contributed by atoms with Crippen LogP contribution in [0.5, 0.6) is 5.75 Å². The normalized spacial score (nSPS) is 23.2. The molecule has 1 saturated heterocycles. The fourth-order valence-electron chi connectivity index (χ4n) is 2.90. The second kappa shape index (κ2) is 7.39.